The molecule has 1 rings (SSSR count). The smallest absolute Gasteiger partial charge is 0.174 e. The largest absolute Gasteiger partial charge is 0.486 e. The van der Waals surface area contributed by atoms with Crippen LogP contribution in [0.4, 0.5) is 5.69 Å². The molecule has 0 atom stereocenters. The molecule has 0 fully saturated rings. The van der Waals surface area contributed by atoms with Gasteiger partial charge in [-0.3, -0.25) is 0 Å². The van der Waals surface area contributed by atoms with E-state index >= 15 is 0 Å². The van der Waals surface area contributed by atoms with Crippen molar-refractivity contribution in [2.45, 2.75) is 0 Å². The summed E-state index contributed by atoms with van der Waals surface area (Å²) >= 11 is 0. The van der Waals surface area contributed by atoms with Crippen molar-refractivity contribution in [3.05, 3.63) is 30.3 Å². The first kappa shape index (κ1) is 6.81. The molecule has 0 aliphatic heterocycles. The Kier molecular flexibility index (Phi) is 2.49. The van der Waals surface area contributed by atoms with Crippen LogP contribution >= 0.6 is 0 Å². The zero-order valence-corrected chi connectivity index (χ0v) is 5.82. The predicted octanol–water partition coefficient (Wildman–Crippen LogP) is 1.99. The lowest BCUT2D eigenvalue weighted by atomic mass is 10.3. The summed E-state index contributed by atoms with van der Waals surface area (Å²) in [6, 6.07) is 9.64. The fraction of sp³-hybridized carbons (Fsp3) is 0.125. The lowest BCUT2D eigenvalue weighted by Gasteiger charge is -1.89. The Morgan fingerprint density at radius 1 is 1.30 bits per heavy atom. The van der Waals surface area contributed by atoms with E-state index in [1.54, 1.807) is 7.11 Å². The highest BCUT2D eigenvalue weighted by atomic mass is 16.5. The van der Waals surface area contributed by atoms with Gasteiger partial charge in [0, 0.05) is 0 Å². The Balaban J connectivity index is 2.67. The van der Waals surface area contributed by atoms with Crippen molar-refractivity contribution in [2.24, 2.45) is 4.99 Å². The molecule has 1 aromatic carbocycles. The van der Waals surface area contributed by atoms with Crippen LogP contribution in [-0.2, 0) is 4.74 Å². The minimum atomic E-state index is 0.907. The number of ether oxygens (including phenoxy) is 1. The van der Waals surface area contributed by atoms with Crippen molar-refractivity contribution in [1.82, 2.24) is 0 Å². The Bertz CT molecular complexity index is 206. The molecule has 52 valence electrons. The standard InChI is InChI=1S/C8H9NO/c1-10-7-9-8-5-3-2-4-6-8/h2-7H,1H3. The third kappa shape index (κ3) is 1.90. The van der Waals surface area contributed by atoms with Gasteiger partial charge in [0.25, 0.3) is 0 Å². The zero-order valence-electron chi connectivity index (χ0n) is 5.82. The molecule has 0 unspecified atom stereocenters. The Morgan fingerprint density at radius 3 is 2.60 bits per heavy atom. The van der Waals surface area contributed by atoms with Gasteiger partial charge in [0.1, 0.15) is 0 Å². The quantitative estimate of drug-likeness (QED) is 0.449. The SMILES string of the molecule is COC=Nc1ccccc1. The molecule has 1 aromatic rings. The minimum absolute atomic E-state index is 0.907. The summed E-state index contributed by atoms with van der Waals surface area (Å²) in [6.07, 6.45) is 1.41. The second-order valence-electron chi connectivity index (χ2n) is 1.81. The molecule has 0 heterocycles. The molecule has 0 saturated heterocycles. The monoisotopic (exact) mass is 135 g/mol. The molecule has 0 N–H and O–H groups in total. The molecule has 0 bridgehead atoms. The summed E-state index contributed by atoms with van der Waals surface area (Å²) in [7, 11) is 1.58. The van der Waals surface area contributed by atoms with Gasteiger partial charge in [-0.15, -0.1) is 0 Å². The van der Waals surface area contributed by atoms with E-state index in [2.05, 4.69) is 9.73 Å². The molecule has 2 heteroatoms. The second kappa shape index (κ2) is 3.67. The average molecular weight is 135 g/mol. The number of para-hydroxylation sites is 1. The highest BCUT2D eigenvalue weighted by Gasteiger charge is 1.80. The van der Waals surface area contributed by atoms with E-state index in [1.165, 1.54) is 6.40 Å². The Labute approximate surface area is 60.2 Å². The van der Waals surface area contributed by atoms with Gasteiger partial charge < -0.3 is 4.74 Å². The number of nitrogens with zero attached hydrogens (tertiary/aromatic N) is 1. The van der Waals surface area contributed by atoms with Gasteiger partial charge >= 0.3 is 0 Å². The summed E-state index contributed by atoms with van der Waals surface area (Å²) < 4.78 is 4.65. The van der Waals surface area contributed by atoms with Gasteiger partial charge in [0.2, 0.25) is 0 Å². The van der Waals surface area contributed by atoms with Gasteiger partial charge in [-0.05, 0) is 12.1 Å². The lowest BCUT2D eigenvalue weighted by Crippen LogP contribution is -1.73. The van der Waals surface area contributed by atoms with E-state index in [1.807, 2.05) is 30.3 Å². The van der Waals surface area contributed by atoms with Crippen molar-refractivity contribution in [3.8, 4) is 0 Å². The molecule has 0 saturated carbocycles. The summed E-state index contributed by atoms with van der Waals surface area (Å²) in [4.78, 5) is 3.98. The average Bonchev–Trinajstić information content (AvgIpc) is 2.03. The van der Waals surface area contributed by atoms with Crippen LogP contribution < -0.4 is 0 Å². The fourth-order valence-corrected chi connectivity index (χ4v) is 0.628. The van der Waals surface area contributed by atoms with Crippen LogP contribution in [0.3, 0.4) is 0 Å². The molecule has 0 amide bonds. The summed E-state index contributed by atoms with van der Waals surface area (Å²) in [6.45, 7) is 0. The number of hydrogen-bond acceptors (Lipinski definition) is 2. The molecule has 10 heavy (non-hydrogen) atoms. The molecule has 0 spiro atoms. The molecule has 0 aromatic heterocycles. The Hall–Kier alpha value is -1.31. The van der Waals surface area contributed by atoms with Crippen molar-refractivity contribution >= 4 is 12.1 Å². The molecule has 2 nitrogen and oxygen atoms in total. The second-order valence-corrected chi connectivity index (χ2v) is 1.81. The summed E-state index contributed by atoms with van der Waals surface area (Å²) in [5, 5.41) is 0. The molecule has 0 radical (unpaired) electrons. The van der Waals surface area contributed by atoms with Crippen LogP contribution in [-0.4, -0.2) is 13.5 Å². The maximum atomic E-state index is 4.65. The normalized spacial score (nSPS) is 10.1. The third-order valence-electron chi connectivity index (χ3n) is 1.06. The van der Waals surface area contributed by atoms with E-state index in [4.69, 9.17) is 0 Å². The number of hydrogen-bond donors (Lipinski definition) is 0. The van der Waals surface area contributed by atoms with Crippen LogP contribution in [0, 0.1) is 0 Å². The number of rotatable bonds is 2. The maximum absolute atomic E-state index is 4.65. The van der Waals surface area contributed by atoms with E-state index in [9.17, 15) is 0 Å². The van der Waals surface area contributed by atoms with E-state index in [0.717, 1.165) is 5.69 Å². The first-order chi connectivity index (χ1) is 4.93. The third-order valence-corrected chi connectivity index (χ3v) is 1.06. The number of methoxy groups -OCH3 is 1. The van der Waals surface area contributed by atoms with Gasteiger partial charge in [-0.25, -0.2) is 4.99 Å². The maximum Gasteiger partial charge on any atom is 0.174 e. The van der Waals surface area contributed by atoms with Crippen LogP contribution in [0.2, 0.25) is 0 Å². The van der Waals surface area contributed by atoms with E-state index in [0.29, 0.717) is 0 Å². The van der Waals surface area contributed by atoms with Crippen LogP contribution in [0.5, 0.6) is 0 Å². The van der Waals surface area contributed by atoms with Gasteiger partial charge in [0.15, 0.2) is 6.40 Å². The van der Waals surface area contributed by atoms with Crippen LogP contribution in [0.15, 0.2) is 35.3 Å². The van der Waals surface area contributed by atoms with Crippen molar-refractivity contribution in [2.75, 3.05) is 7.11 Å². The van der Waals surface area contributed by atoms with Crippen molar-refractivity contribution in [1.29, 1.82) is 0 Å². The molecule has 0 aliphatic rings. The highest BCUT2D eigenvalue weighted by Crippen LogP contribution is 2.07. The minimum Gasteiger partial charge on any atom is -0.486 e. The predicted molar refractivity (Wildman–Crippen MR) is 41.6 cm³/mol. The lowest BCUT2D eigenvalue weighted by molar-refractivity contribution is 0.423. The molecular formula is C8H9NO. The van der Waals surface area contributed by atoms with Crippen LogP contribution in [0.25, 0.3) is 0 Å². The first-order valence-corrected chi connectivity index (χ1v) is 3.04. The van der Waals surface area contributed by atoms with Crippen LogP contribution in [0.1, 0.15) is 0 Å². The number of benzene rings is 1. The molecular weight excluding hydrogens is 126 g/mol. The van der Waals surface area contributed by atoms with E-state index in [-0.39, 0.29) is 0 Å². The molecule has 0 aliphatic carbocycles. The van der Waals surface area contributed by atoms with E-state index < -0.39 is 0 Å². The Morgan fingerprint density at radius 2 is 2.00 bits per heavy atom. The summed E-state index contributed by atoms with van der Waals surface area (Å²) in [5.74, 6) is 0. The first-order valence-electron chi connectivity index (χ1n) is 3.04. The zero-order chi connectivity index (χ0) is 7.23. The topological polar surface area (TPSA) is 21.6 Å². The van der Waals surface area contributed by atoms with Crippen molar-refractivity contribution < 1.29 is 4.74 Å². The van der Waals surface area contributed by atoms with Gasteiger partial charge in [-0.1, -0.05) is 18.2 Å². The summed E-state index contributed by atoms with van der Waals surface area (Å²) in [5.41, 5.74) is 0.907. The fourth-order valence-electron chi connectivity index (χ4n) is 0.628. The highest BCUT2D eigenvalue weighted by molar-refractivity contribution is 5.54. The number of aliphatic imine (C=N–C) groups is 1. The van der Waals surface area contributed by atoms with Gasteiger partial charge in [0.05, 0.1) is 12.8 Å². The van der Waals surface area contributed by atoms with Crippen molar-refractivity contribution in [3.63, 3.8) is 0 Å². The van der Waals surface area contributed by atoms with Gasteiger partial charge in [-0.2, -0.15) is 0 Å².